The van der Waals surface area contributed by atoms with Gasteiger partial charge in [0.2, 0.25) is 0 Å². The van der Waals surface area contributed by atoms with Crippen molar-refractivity contribution in [2.45, 2.75) is 26.3 Å². The van der Waals surface area contributed by atoms with Crippen molar-refractivity contribution < 1.29 is 4.79 Å². The van der Waals surface area contributed by atoms with E-state index in [0.29, 0.717) is 17.3 Å². The Morgan fingerprint density at radius 2 is 2.23 bits per heavy atom. The smallest absolute Gasteiger partial charge is 0.273 e. The molecule has 1 amide bonds. The Labute approximate surface area is 130 Å². The number of nitrogens with one attached hydrogen (secondary N) is 1. The molecule has 0 unspecified atom stereocenters. The maximum absolute atomic E-state index is 13.0. The molecule has 0 aliphatic carbocycles. The van der Waals surface area contributed by atoms with Gasteiger partial charge in [-0.15, -0.1) is 0 Å². The van der Waals surface area contributed by atoms with E-state index in [0.717, 1.165) is 31.4 Å². The molecule has 6 heteroatoms. The number of aromatic nitrogens is 3. The summed E-state index contributed by atoms with van der Waals surface area (Å²) in [6, 6.07) is 2.12. The van der Waals surface area contributed by atoms with Crippen molar-refractivity contribution >= 4 is 16.9 Å². The summed E-state index contributed by atoms with van der Waals surface area (Å²) in [4.78, 5) is 28.8. The third-order valence-electron chi connectivity index (χ3n) is 4.25. The zero-order chi connectivity index (χ0) is 15.7. The third kappa shape index (κ3) is 2.83. The van der Waals surface area contributed by atoms with Crippen molar-refractivity contribution in [2.24, 2.45) is 5.92 Å². The van der Waals surface area contributed by atoms with E-state index in [9.17, 15) is 4.79 Å². The van der Waals surface area contributed by atoms with Crippen LogP contribution in [0.3, 0.4) is 0 Å². The highest BCUT2D eigenvalue weighted by Crippen LogP contribution is 2.21. The molecule has 1 N–H and O–H groups in total. The summed E-state index contributed by atoms with van der Waals surface area (Å²) < 4.78 is 0. The number of nitrogens with zero attached hydrogens (tertiary/aromatic N) is 4. The van der Waals surface area contributed by atoms with Crippen molar-refractivity contribution in [3.8, 4) is 0 Å². The number of likely N-dealkylation sites (N-methyl/N-ethyl adjacent to an activating group) is 1. The molecule has 22 heavy (non-hydrogen) atoms. The van der Waals surface area contributed by atoms with Gasteiger partial charge in [-0.1, -0.05) is 13.8 Å². The van der Waals surface area contributed by atoms with Crippen LogP contribution >= 0.6 is 0 Å². The molecule has 0 radical (unpaired) electrons. The minimum atomic E-state index is 0.0192. The minimum Gasteiger partial charge on any atom is -0.346 e. The number of aromatic amines is 1. The fourth-order valence-corrected chi connectivity index (χ4v) is 3.20. The lowest BCUT2D eigenvalue weighted by molar-refractivity contribution is 0.0456. The normalized spacial score (nSPS) is 20.0. The highest BCUT2D eigenvalue weighted by molar-refractivity contribution is 6.03. The highest BCUT2D eigenvalue weighted by atomic mass is 16.2. The van der Waals surface area contributed by atoms with Crippen LogP contribution in [0.4, 0.5) is 0 Å². The Bertz CT molecular complexity index is 663. The van der Waals surface area contributed by atoms with Gasteiger partial charge >= 0.3 is 0 Å². The Morgan fingerprint density at radius 3 is 3.00 bits per heavy atom. The monoisotopic (exact) mass is 301 g/mol. The molecule has 3 rings (SSSR count). The standard InChI is InChI=1S/C16H23N5O/c1-11(2)8-12-9-20(3)6-7-21(12)16(22)14-13-4-5-17-15(13)19-10-18-14/h4-5,10-12H,6-9H2,1-3H3,(H,17,18,19)/t12-/m0/s1. The molecule has 2 aromatic rings. The summed E-state index contributed by atoms with van der Waals surface area (Å²) in [5, 5.41) is 0.801. The average molecular weight is 301 g/mol. The predicted molar refractivity (Wildman–Crippen MR) is 85.7 cm³/mol. The molecule has 1 aliphatic heterocycles. The molecule has 1 fully saturated rings. The van der Waals surface area contributed by atoms with Crippen molar-refractivity contribution in [3.05, 3.63) is 24.3 Å². The number of hydrogen-bond donors (Lipinski definition) is 1. The number of amides is 1. The Balaban J connectivity index is 1.90. The maximum atomic E-state index is 13.0. The molecule has 3 heterocycles. The molecule has 0 spiro atoms. The first-order valence-electron chi connectivity index (χ1n) is 7.84. The second-order valence-corrected chi connectivity index (χ2v) is 6.51. The molecule has 118 valence electrons. The minimum absolute atomic E-state index is 0.0192. The number of H-pyrrole nitrogens is 1. The lowest BCUT2D eigenvalue weighted by Crippen LogP contribution is -2.54. The van der Waals surface area contributed by atoms with Gasteiger partial charge in [-0.2, -0.15) is 0 Å². The first kappa shape index (κ1) is 15.0. The van der Waals surface area contributed by atoms with E-state index in [-0.39, 0.29) is 11.9 Å². The van der Waals surface area contributed by atoms with E-state index in [1.54, 1.807) is 6.20 Å². The van der Waals surface area contributed by atoms with E-state index in [1.165, 1.54) is 6.33 Å². The first-order chi connectivity index (χ1) is 10.6. The van der Waals surface area contributed by atoms with Crippen LogP contribution in [0.5, 0.6) is 0 Å². The van der Waals surface area contributed by atoms with Crippen LogP contribution in [0.1, 0.15) is 30.8 Å². The van der Waals surface area contributed by atoms with Gasteiger partial charge in [0.25, 0.3) is 5.91 Å². The zero-order valence-electron chi connectivity index (χ0n) is 13.4. The highest BCUT2D eigenvalue weighted by Gasteiger charge is 2.31. The van der Waals surface area contributed by atoms with E-state index in [1.807, 2.05) is 11.0 Å². The van der Waals surface area contributed by atoms with Crippen LogP contribution in [0, 0.1) is 5.92 Å². The molecule has 1 saturated heterocycles. The quantitative estimate of drug-likeness (QED) is 0.938. The Morgan fingerprint density at radius 1 is 1.41 bits per heavy atom. The second kappa shape index (κ2) is 6.04. The molecule has 0 bridgehead atoms. The van der Waals surface area contributed by atoms with Crippen LogP contribution in [0.25, 0.3) is 11.0 Å². The molecule has 1 aliphatic rings. The summed E-state index contributed by atoms with van der Waals surface area (Å²) in [6.07, 6.45) is 4.27. The predicted octanol–water partition coefficient (Wildman–Crippen LogP) is 1.76. The van der Waals surface area contributed by atoms with Gasteiger partial charge in [-0.05, 0) is 25.5 Å². The summed E-state index contributed by atoms with van der Waals surface area (Å²) in [5.41, 5.74) is 1.22. The summed E-state index contributed by atoms with van der Waals surface area (Å²) in [7, 11) is 2.12. The summed E-state index contributed by atoms with van der Waals surface area (Å²) in [5.74, 6) is 0.579. The molecule has 2 aromatic heterocycles. The lowest BCUT2D eigenvalue weighted by Gasteiger charge is -2.40. The molecule has 0 saturated carbocycles. The van der Waals surface area contributed by atoms with Crippen LogP contribution in [-0.2, 0) is 0 Å². The Hall–Kier alpha value is -1.95. The zero-order valence-corrected chi connectivity index (χ0v) is 13.4. The number of piperazine rings is 1. The van der Waals surface area contributed by atoms with Crippen molar-refractivity contribution in [2.75, 3.05) is 26.7 Å². The topological polar surface area (TPSA) is 65.1 Å². The number of hydrogen-bond acceptors (Lipinski definition) is 4. The average Bonchev–Trinajstić information content (AvgIpc) is 2.94. The van der Waals surface area contributed by atoms with Gasteiger partial charge in [0, 0.05) is 31.9 Å². The first-order valence-corrected chi connectivity index (χ1v) is 7.84. The number of carbonyl (C=O) groups excluding carboxylic acids is 1. The Kier molecular flexibility index (Phi) is 4.11. The van der Waals surface area contributed by atoms with E-state index in [2.05, 4.69) is 40.7 Å². The van der Waals surface area contributed by atoms with Gasteiger partial charge < -0.3 is 14.8 Å². The summed E-state index contributed by atoms with van der Waals surface area (Å²) in [6.45, 7) is 6.98. The largest absolute Gasteiger partial charge is 0.346 e. The molecule has 6 nitrogen and oxygen atoms in total. The fraction of sp³-hybridized carbons (Fsp3) is 0.562. The molecule has 1 atom stereocenters. The lowest BCUT2D eigenvalue weighted by atomic mass is 9.99. The molecule has 0 aromatic carbocycles. The van der Waals surface area contributed by atoms with Gasteiger partial charge in [0.05, 0.1) is 5.39 Å². The summed E-state index contributed by atoms with van der Waals surface area (Å²) >= 11 is 0. The van der Waals surface area contributed by atoms with Gasteiger partial charge in [-0.25, -0.2) is 9.97 Å². The van der Waals surface area contributed by atoms with E-state index >= 15 is 0 Å². The fourth-order valence-electron chi connectivity index (χ4n) is 3.20. The van der Waals surface area contributed by atoms with Gasteiger partial charge in [0.15, 0.2) is 0 Å². The van der Waals surface area contributed by atoms with Crippen molar-refractivity contribution in [3.63, 3.8) is 0 Å². The van der Waals surface area contributed by atoms with Gasteiger partial charge in [-0.3, -0.25) is 4.79 Å². The van der Waals surface area contributed by atoms with Crippen LogP contribution in [-0.4, -0.2) is 63.4 Å². The second-order valence-electron chi connectivity index (χ2n) is 6.51. The van der Waals surface area contributed by atoms with E-state index in [4.69, 9.17) is 0 Å². The van der Waals surface area contributed by atoms with E-state index < -0.39 is 0 Å². The van der Waals surface area contributed by atoms with Gasteiger partial charge in [0.1, 0.15) is 17.7 Å². The third-order valence-corrected chi connectivity index (χ3v) is 4.25. The van der Waals surface area contributed by atoms with Crippen LogP contribution in [0.2, 0.25) is 0 Å². The van der Waals surface area contributed by atoms with Crippen molar-refractivity contribution in [1.29, 1.82) is 0 Å². The van der Waals surface area contributed by atoms with Crippen LogP contribution < -0.4 is 0 Å². The number of fused-ring (bicyclic) bond motifs is 1. The number of rotatable bonds is 3. The number of carbonyl (C=O) groups is 1. The SMILES string of the molecule is CC(C)C[C@H]1CN(C)CCN1C(=O)c1ncnc2[nH]ccc12. The molecular weight excluding hydrogens is 278 g/mol. The maximum Gasteiger partial charge on any atom is 0.273 e. The van der Waals surface area contributed by atoms with Crippen LogP contribution in [0.15, 0.2) is 18.6 Å². The molecular formula is C16H23N5O. The van der Waals surface area contributed by atoms with Crippen molar-refractivity contribution in [1.82, 2.24) is 24.8 Å².